The molecule has 25 heavy (non-hydrogen) atoms. The Balaban J connectivity index is 1.80. The highest BCUT2D eigenvalue weighted by atomic mass is 16.2. The molecule has 0 unspecified atom stereocenters. The lowest BCUT2D eigenvalue weighted by molar-refractivity contribution is -0.139. The molecular weight excluding hydrogens is 318 g/mol. The molecule has 1 saturated heterocycles. The van der Waals surface area contributed by atoms with Gasteiger partial charge >= 0.3 is 6.03 Å². The number of urea groups is 1. The predicted molar refractivity (Wildman–Crippen MR) is 93.8 cm³/mol. The molecule has 1 aliphatic carbocycles. The summed E-state index contributed by atoms with van der Waals surface area (Å²) in [4.78, 5) is 40.9. The summed E-state index contributed by atoms with van der Waals surface area (Å²) in [5, 5.41) is 2.86. The molecule has 3 rings (SSSR count). The van der Waals surface area contributed by atoms with Crippen molar-refractivity contribution in [3.05, 3.63) is 35.4 Å². The van der Waals surface area contributed by atoms with Gasteiger partial charge in [-0.2, -0.15) is 0 Å². The van der Waals surface area contributed by atoms with E-state index in [1.165, 1.54) is 0 Å². The molecule has 1 atom stereocenters. The number of hydrogen-bond acceptors (Lipinski definition) is 3. The van der Waals surface area contributed by atoms with Gasteiger partial charge in [0.25, 0.3) is 5.91 Å². The van der Waals surface area contributed by atoms with E-state index in [0.29, 0.717) is 19.5 Å². The molecule has 1 N–H and O–H groups in total. The quantitative estimate of drug-likeness (QED) is 0.804. The Labute approximate surface area is 148 Å². The van der Waals surface area contributed by atoms with Crippen LogP contribution in [0, 0.1) is 0 Å². The van der Waals surface area contributed by atoms with Gasteiger partial charge in [0.2, 0.25) is 5.91 Å². The van der Waals surface area contributed by atoms with Crippen LogP contribution >= 0.6 is 0 Å². The monoisotopic (exact) mass is 343 g/mol. The molecule has 0 saturated carbocycles. The van der Waals surface area contributed by atoms with E-state index < -0.39 is 11.6 Å². The summed E-state index contributed by atoms with van der Waals surface area (Å²) < 4.78 is 0. The Bertz CT molecular complexity index is 697. The average molecular weight is 343 g/mol. The Morgan fingerprint density at radius 3 is 2.56 bits per heavy atom. The number of imide groups is 1. The van der Waals surface area contributed by atoms with Gasteiger partial charge in [-0.25, -0.2) is 4.79 Å². The van der Waals surface area contributed by atoms with E-state index in [9.17, 15) is 14.4 Å². The Hall–Kier alpha value is -2.37. The maximum absolute atomic E-state index is 13.0. The van der Waals surface area contributed by atoms with Crippen LogP contribution in [0.4, 0.5) is 4.79 Å². The second kappa shape index (κ2) is 6.86. The van der Waals surface area contributed by atoms with Crippen LogP contribution in [-0.2, 0) is 21.5 Å². The van der Waals surface area contributed by atoms with E-state index in [0.717, 1.165) is 35.3 Å². The summed E-state index contributed by atoms with van der Waals surface area (Å²) in [7, 11) is 0. The molecule has 1 heterocycles. The van der Waals surface area contributed by atoms with Crippen LogP contribution in [-0.4, -0.2) is 47.3 Å². The number of nitrogens with one attached hydrogen (secondary N) is 1. The topological polar surface area (TPSA) is 69.7 Å². The molecular formula is C19H25N3O3. The van der Waals surface area contributed by atoms with E-state index in [-0.39, 0.29) is 18.4 Å². The second-order valence-corrected chi connectivity index (χ2v) is 6.76. The number of nitrogens with zero attached hydrogens (tertiary/aromatic N) is 2. The molecule has 1 aliphatic heterocycles. The third kappa shape index (κ3) is 2.90. The summed E-state index contributed by atoms with van der Waals surface area (Å²) in [5.74, 6) is -0.473. The van der Waals surface area contributed by atoms with Gasteiger partial charge < -0.3 is 10.2 Å². The summed E-state index contributed by atoms with van der Waals surface area (Å²) >= 11 is 0. The van der Waals surface area contributed by atoms with Gasteiger partial charge in [0, 0.05) is 13.1 Å². The van der Waals surface area contributed by atoms with Crippen LogP contribution in [0.3, 0.4) is 0 Å². The first-order chi connectivity index (χ1) is 12.0. The second-order valence-electron chi connectivity index (χ2n) is 6.76. The van der Waals surface area contributed by atoms with Gasteiger partial charge in [-0.3, -0.25) is 14.5 Å². The van der Waals surface area contributed by atoms with Crippen molar-refractivity contribution in [3.63, 3.8) is 0 Å². The minimum atomic E-state index is -0.992. The molecule has 6 heteroatoms. The summed E-state index contributed by atoms with van der Waals surface area (Å²) in [5.41, 5.74) is 0.957. The van der Waals surface area contributed by atoms with Crippen molar-refractivity contribution in [2.24, 2.45) is 0 Å². The van der Waals surface area contributed by atoms with Gasteiger partial charge in [0.1, 0.15) is 12.1 Å². The molecule has 2 aliphatic rings. The highest BCUT2D eigenvalue weighted by Gasteiger charge is 2.55. The molecule has 1 aromatic carbocycles. The van der Waals surface area contributed by atoms with Crippen LogP contribution < -0.4 is 5.32 Å². The van der Waals surface area contributed by atoms with Crippen LogP contribution in [0.15, 0.2) is 24.3 Å². The zero-order chi connectivity index (χ0) is 18.0. The predicted octanol–water partition coefficient (Wildman–Crippen LogP) is 2.03. The molecule has 6 nitrogen and oxygen atoms in total. The zero-order valence-electron chi connectivity index (χ0n) is 14.9. The molecule has 1 aromatic rings. The standard InChI is InChI=1S/C19H25N3O3/c1-3-11-21(12-4-2)16(23)13-22-17(24)19(20-18(22)25)10-9-14-7-5-6-8-15(14)19/h5-8H,3-4,9-13H2,1-2H3,(H,20,25)/t19-/m0/s1. The fraction of sp³-hybridized carbons (Fsp3) is 0.526. The molecule has 4 amide bonds. The lowest BCUT2D eigenvalue weighted by atomic mass is 9.92. The number of aryl methyl sites for hydroxylation is 1. The molecule has 0 aromatic heterocycles. The summed E-state index contributed by atoms with van der Waals surface area (Å²) in [6.45, 7) is 5.12. The van der Waals surface area contributed by atoms with Crippen molar-refractivity contribution in [1.82, 2.24) is 15.1 Å². The number of amides is 4. The number of carbonyl (C=O) groups is 3. The first-order valence-corrected chi connectivity index (χ1v) is 9.03. The third-order valence-corrected chi connectivity index (χ3v) is 5.06. The first kappa shape index (κ1) is 17.5. The summed E-state index contributed by atoms with van der Waals surface area (Å²) in [6.07, 6.45) is 3.00. The van der Waals surface area contributed by atoms with Crippen molar-refractivity contribution >= 4 is 17.8 Å². The highest BCUT2D eigenvalue weighted by Crippen LogP contribution is 2.41. The van der Waals surface area contributed by atoms with Crippen molar-refractivity contribution in [1.29, 1.82) is 0 Å². The third-order valence-electron chi connectivity index (χ3n) is 5.06. The van der Waals surface area contributed by atoms with Crippen LogP contribution in [0.1, 0.15) is 44.2 Å². The summed E-state index contributed by atoms with van der Waals surface area (Å²) in [6, 6.07) is 7.23. The maximum Gasteiger partial charge on any atom is 0.325 e. The van der Waals surface area contributed by atoms with Gasteiger partial charge in [0.05, 0.1) is 0 Å². The minimum Gasteiger partial charge on any atom is -0.341 e. The normalized spacial score (nSPS) is 21.6. The fourth-order valence-corrected chi connectivity index (χ4v) is 3.87. The van der Waals surface area contributed by atoms with Crippen LogP contribution in [0.5, 0.6) is 0 Å². The van der Waals surface area contributed by atoms with Gasteiger partial charge in [-0.05, 0) is 36.8 Å². The van der Waals surface area contributed by atoms with Crippen molar-refractivity contribution < 1.29 is 14.4 Å². The lowest BCUT2D eigenvalue weighted by Crippen LogP contribution is -2.45. The zero-order valence-corrected chi connectivity index (χ0v) is 14.9. The highest BCUT2D eigenvalue weighted by molar-refractivity contribution is 6.09. The largest absolute Gasteiger partial charge is 0.341 e. The van der Waals surface area contributed by atoms with Gasteiger partial charge in [-0.15, -0.1) is 0 Å². The smallest absolute Gasteiger partial charge is 0.325 e. The average Bonchev–Trinajstić information content (AvgIpc) is 3.09. The Morgan fingerprint density at radius 2 is 1.88 bits per heavy atom. The molecule has 0 radical (unpaired) electrons. The lowest BCUT2D eigenvalue weighted by Gasteiger charge is -2.25. The SMILES string of the molecule is CCCN(CCC)C(=O)CN1C(=O)N[C@]2(CCc3ccccc32)C1=O. The molecule has 134 valence electrons. The first-order valence-electron chi connectivity index (χ1n) is 9.03. The van der Waals surface area contributed by atoms with Crippen molar-refractivity contribution in [3.8, 4) is 0 Å². The van der Waals surface area contributed by atoms with E-state index in [1.807, 2.05) is 38.1 Å². The van der Waals surface area contributed by atoms with Crippen molar-refractivity contribution in [2.45, 2.75) is 45.1 Å². The fourth-order valence-electron chi connectivity index (χ4n) is 3.87. The van der Waals surface area contributed by atoms with Crippen molar-refractivity contribution in [2.75, 3.05) is 19.6 Å². The van der Waals surface area contributed by atoms with E-state index in [1.54, 1.807) is 4.90 Å². The van der Waals surface area contributed by atoms with E-state index in [2.05, 4.69) is 5.32 Å². The molecule has 1 spiro atoms. The Kier molecular flexibility index (Phi) is 4.79. The number of hydrogen-bond donors (Lipinski definition) is 1. The number of carbonyl (C=O) groups excluding carboxylic acids is 3. The van der Waals surface area contributed by atoms with E-state index >= 15 is 0 Å². The van der Waals surface area contributed by atoms with Gasteiger partial charge in [0.15, 0.2) is 0 Å². The number of fused-ring (bicyclic) bond motifs is 2. The minimum absolute atomic E-state index is 0.171. The van der Waals surface area contributed by atoms with Gasteiger partial charge in [-0.1, -0.05) is 38.1 Å². The van der Waals surface area contributed by atoms with E-state index in [4.69, 9.17) is 0 Å². The van der Waals surface area contributed by atoms with Crippen LogP contribution in [0.25, 0.3) is 0 Å². The Morgan fingerprint density at radius 1 is 1.20 bits per heavy atom. The van der Waals surface area contributed by atoms with Crippen LogP contribution in [0.2, 0.25) is 0 Å². The molecule has 1 fully saturated rings. The number of rotatable bonds is 6. The number of benzene rings is 1. The molecule has 0 bridgehead atoms. The maximum atomic E-state index is 13.0.